The van der Waals surface area contributed by atoms with Gasteiger partial charge in [0.2, 0.25) is 9.84 Å². The lowest BCUT2D eigenvalue weighted by Gasteiger charge is -2.01. The van der Waals surface area contributed by atoms with Crippen LogP contribution < -0.4 is 0 Å². The van der Waals surface area contributed by atoms with Gasteiger partial charge in [-0.25, -0.2) is 8.42 Å². The summed E-state index contributed by atoms with van der Waals surface area (Å²) in [6.07, 6.45) is 0. The normalized spacial score (nSPS) is 14.1. The largest absolute Gasteiger partial charge is 0.341 e. The van der Waals surface area contributed by atoms with E-state index in [1.165, 1.54) is 12.1 Å². The summed E-state index contributed by atoms with van der Waals surface area (Å²) in [6.45, 7) is 0. The first-order valence-electron chi connectivity index (χ1n) is 3.22. The van der Waals surface area contributed by atoms with E-state index in [9.17, 15) is 17.2 Å². The summed E-state index contributed by atoms with van der Waals surface area (Å²) in [5.74, 6) is -3.39. The summed E-state index contributed by atoms with van der Waals surface area (Å²) in [6, 6.07) is 4.58. The SMILES string of the molecule is O=S(=O)(c1ccc(Cl)cc1)C(F)[18F]. The van der Waals surface area contributed by atoms with Gasteiger partial charge in [0.25, 0.3) is 0 Å². The van der Waals surface area contributed by atoms with Gasteiger partial charge in [0.15, 0.2) is 0 Å². The molecule has 1 aromatic rings. The highest BCUT2D eigenvalue weighted by Gasteiger charge is 2.25. The van der Waals surface area contributed by atoms with Gasteiger partial charge in [-0.05, 0) is 24.3 Å². The van der Waals surface area contributed by atoms with Crippen molar-refractivity contribution in [2.75, 3.05) is 0 Å². The van der Waals surface area contributed by atoms with Crippen molar-refractivity contribution in [1.82, 2.24) is 0 Å². The summed E-state index contributed by atoms with van der Waals surface area (Å²) < 4.78 is 45.7. The Balaban J connectivity index is 3.17. The number of alkyl halides is 2. The molecule has 0 spiro atoms. The number of rotatable bonds is 2. The summed E-state index contributed by atoms with van der Waals surface area (Å²) >= 11 is 5.46. The summed E-state index contributed by atoms with van der Waals surface area (Å²) in [7, 11) is -4.49. The predicted molar refractivity (Wildman–Crippen MR) is 44.6 cm³/mol. The summed E-state index contributed by atoms with van der Waals surface area (Å²) in [5, 5.41) is 0.299. The third-order valence-electron chi connectivity index (χ3n) is 1.38. The fraction of sp³-hybridized carbons (Fsp3) is 0.143. The minimum atomic E-state index is -4.49. The lowest BCUT2D eigenvalue weighted by molar-refractivity contribution is 0.234. The van der Waals surface area contributed by atoms with E-state index >= 15 is 0 Å². The van der Waals surface area contributed by atoms with Crippen LogP contribution in [0, 0.1) is 0 Å². The maximum atomic E-state index is 12.0. The second-order valence-electron chi connectivity index (χ2n) is 2.26. The highest BCUT2D eigenvalue weighted by Crippen LogP contribution is 2.19. The van der Waals surface area contributed by atoms with Crippen LogP contribution in [-0.4, -0.2) is 14.2 Å². The summed E-state index contributed by atoms with van der Waals surface area (Å²) in [4.78, 5) is -0.424. The second-order valence-corrected chi connectivity index (χ2v) is 4.61. The molecule has 6 heteroatoms. The van der Waals surface area contributed by atoms with E-state index in [1.54, 1.807) is 0 Å². The first kappa shape index (κ1) is 10.4. The van der Waals surface area contributed by atoms with Crippen LogP contribution in [-0.2, 0) is 9.84 Å². The van der Waals surface area contributed by atoms with Crippen molar-refractivity contribution in [2.45, 2.75) is 10.7 Å². The number of hydrogen-bond donors (Lipinski definition) is 0. The van der Waals surface area contributed by atoms with E-state index in [0.29, 0.717) is 5.02 Å². The average Bonchev–Trinajstić information content (AvgIpc) is 2.04. The van der Waals surface area contributed by atoms with E-state index in [-0.39, 0.29) is 0 Å². The molecule has 13 heavy (non-hydrogen) atoms. The molecule has 1 aromatic carbocycles. The van der Waals surface area contributed by atoms with Crippen molar-refractivity contribution >= 4 is 21.4 Å². The second kappa shape index (κ2) is 3.59. The molecule has 0 aromatic heterocycles. The highest BCUT2D eigenvalue weighted by molar-refractivity contribution is 7.91. The van der Waals surface area contributed by atoms with Gasteiger partial charge in [0, 0.05) is 5.02 Å². The molecule has 0 radical (unpaired) electrons. The Morgan fingerprint density at radius 2 is 1.62 bits per heavy atom. The van der Waals surface area contributed by atoms with Crippen LogP contribution in [0.4, 0.5) is 8.78 Å². The lowest BCUT2D eigenvalue weighted by Crippen LogP contribution is -2.10. The highest BCUT2D eigenvalue weighted by atomic mass is 35.5. The topological polar surface area (TPSA) is 34.1 Å². The number of benzene rings is 1. The molecule has 0 fully saturated rings. The molecular weight excluding hydrogens is 221 g/mol. The molecular formula is C7H5ClF2O2S. The zero-order chi connectivity index (χ0) is 10.1. The quantitative estimate of drug-likeness (QED) is 0.774. The van der Waals surface area contributed by atoms with Crippen LogP contribution in [0.15, 0.2) is 29.2 Å². The zero-order valence-corrected chi connectivity index (χ0v) is 7.82. The number of hydrogen-bond acceptors (Lipinski definition) is 2. The fourth-order valence-corrected chi connectivity index (χ4v) is 1.57. The molecule has 0 saturated carbocycles. The van der Waals surface area contributed by atoms with Gasteiger partial charge in [0.1, 0.15) is 0 Å². The molecule has 0 saturated heterocycles. The molecule has 1 atom stereocenters. The molecule has 0 bridgehead atoms. The van der Waals surface area contributed by atoms with Crippen molar-refractivity contribution in [3.8, 4) is 0 Å². The minimum absolute atomic E-state index is 0.299. The van der Waals surface area contributed by atoms with E-state index in [0.717, 1.165) is 12.1 Å². The standard InChI is InChI=1S/C7H5ClF2O2S/c8-5-1-3-6(4-2-5)13(11,12)7(9)10/h1-4,7H/i9-1. The Kier molecular flexibility index (Phi) is 2.87. The van der Waals surface area contributed by atoms with Crippen LogP contribution in [0.2, 0.25) is 5.02 Å². The van der Waals surface area contributed by atoms with Crippen LogP contribution in [0.5, 0.6) is 0 Å². The van der Waals surface area contributed by atoms with E-state index in [1.807, 2.05) is 0 Å². The third-order valence-corrected chi connectivity index (χ3v) is 3.03. The lowest BCUT2D eigenvalue weighted by atomic mass is 10.4. The molecule has 2 nitrogen and oxygen atoms in total. The summed E-state index contributed by atoms with van der Waals surface area (Å²) in [5.41, 5.74) is 0. The van der Waals surface area contributed by atoms with Gasteiger partial charge in [-0.2, -0.15) is 8.78 Å². The molecule has 0 aliphatic rings. The molecule has 0 aliphatic carbocycles. The van der Waals surface area contributed by atoms with Gasteiger partial charge >= 0.3 is 5.76 Å². The Morgan fingerprint density at radius 1 is 1.15 bits per heavy atom. The van der Waals surface area contributed by atoms with E-state index in [2.05, 4.69) is 0 Å². The van der Waals surface area contributed by atoms with Crippen LogP contribution in [0.1, 0.15) is 0 Å². The Morgan fingerprint density at radius 3 is 2.00 bits per heavy atom. The predicted octanol–water partition coefficient (Wildman–Crippen LogP) is 2.34. The van der Waals surface area contributed by atoms with E-state index < -0.39 is 20.5 Å². The minimum Gasteiger partial charge on any atom is -0.218 e. The molecule has 0 heterocycles. The van der Waals surface area contributed by atoms with Crippen molar-refractivity contribution in [3.05, 3.63) is 29.3 Å². The van der Waals surface area contributed by atoms with E-state index in [4.69, 9.17) is 11.6 Å². The third kappa shape index (κ3) is 2.16. The first-order valence-corrected chi connectivity index (χ1v) is 5.14. The van der Waals surface area contributed by atoms with Crippen molar-refractivity contribution in [3.63, 3.8) is 0 Å². The average molecular weight is 226 g/mol. The van der Waals surface area contributed by atoms with Crippen molar-refractivity contribution in [2.24, 2.45) is 0 Å². The number of sulfone groups is 1. The zero-order valence-electron chi connectivity index (χ0n) is 6.25. The molecule has 1 unspecified atom stereocenters. The Labute approximate surface area is 79.1 Å². The smallest absolute Gasteiger partial charge is 0.218 e. The first-order chi connectivity index (χ1) is 5.94. The monoisotopic (exact) mass is 225 g/mol. The Hall–Kier alpha value is -0.680. The van der Waals surface area contributed by atoms with Crippen LogP contribution in [0.25, 0.3) is 0 Å². The maximum Gasteiger partial charge on any atom is 0.341 e. The maximum absolute atomic E-state index is 12.0. The molecule has 1 rings (SSSR count). The number of halogens is 3. The van der Waals surface area contributed by atoms with Gasteiger partial charge in [-0.3, -0.25) is 0 Å². The molecule has 0 N–H and O–H groups in total. The molecule has 72 valence electrons. The van der Waals surface area contributed by atoms with Gasteiger partial charge in [0.05, 0.1) is 4.90 Å². The van der Waals surface area contributed by atoms with Crippen LogP contribution in [0.3, 0.4) is 0 Å². The van der Waals surface area contributed by atoms with Gasteiger partial charge < -0.3 is 0 Å². The van der Waals surface area contributed by atoms with Crippen LogP contribution >= 0.6 is 11.6 Å². The van der Waals surface area contributed by atoms with Crippen molar-refractivity contribution < 1.29 is 17.2 Å². The van der Waals surface area contributed by atoms with Crippen molar-refractivity contribution in [1.29, 1.82) is 0 Å². The molecule has 0 aliphatic heterocycles. The van der Waals surface area contributed by atoms with Gasteiger partial charge in [-0.1, -0.05) is 11.6 Å². The fourth-order valence-electron chi connectivity index (χ4n) is 0.727. The molecule has 0 amide bonds. The Bertz CT molecular complexity index is 385. The van der Waals surface area contributed by atoms with Gasteiger partial charge in [-0.15, -0.1) is 0 Å².